The van der Waals surface area contributed by atoms with Gasteiger partial charge < -0.3 is 14.4 Å². The SMILES string of the molecule is COCCOCc1cc(C(=O)N2c3ccccc3C[C@@H]2C)ccc1F. The predicted molar refractivity (Wildman–Crippen MR) is 94.3 cm³/mol. The summed E-state index contributed by atoms with van der Waals surface area (Å²) < 4.78 is 24.3. The molecule has 0 bridgehead atoms. The largest absolute Gasteiger partial charge is 0.382 e. The van der Waals surface area contributed by atoms with Gasteiger partial charge in [-0.2, -0.15) is 0 Å². The lowest BCUT2D eigenvalue weighted by Gasteiger charge is -2.23. The molecule has 1 heterocycles. The average Bonchev–Trinajstić information content (AvgIpc) is 2.95. The molecule has 0 spiro atoms. The summed E-state index contributed by atoms with van der Waals surface area (Å²) in [5.41, 5.74) is 2.94. The van der Waals surface area contributed by atoms with Gasteiger partial charge in [0.25, 0.3) is 5.91 Å². The summed E-state index contributed by atoms with van der Waals surface area (Å²) in [5, 5.41) is 0. The van der Waals surface area contributed by atoms with Crippen LogP contribution in [0.15, 0.2) is 42.5 Å². The molecule has 25 heavy (non-hydrogen) atoms. The van der Waals surface area contributed by atoms with Crippen LogP contribution in [0.5, 0.6) is 0 Å². The zero-order chi connectivity index (χ0) is 17.8. The maximum Gasteiger partial charge on any atom is 0.258 e. The fraction of sp³-hybridized carbons (Fsp3) is 0.350. The smallest absolute Gasteiger partial charge is 0.258 e. The fourth-order valence-electron chi connectivity index (χ4n) is 3.16. The minimum atomic E-state index is -0.371. The van der Waals surface area contributed by atoms with E-state index in [4.69, 9.17) is 9.47 Å². The first-order chi connectivity index (χ1) is 12.1. The number of benzene rings is 2. The molecule has 0 aromatic heterocycles. The summed E-state index contributed by atoms with van der Waals surface area (Å²) in [6.07, 6.45) is 0.829. The first-order valence-corrected chi connectivity index (χ1v) is 8.38. The van der Waals surface area contributed by atoms with Gasteiger partial charge in [-0.15, -0.1) is 0 Å². The van der Waals surface area contributed by atoms with Crippen molar-refractivity contribution >= 4 is 11.6 Å². The molecule has 2 aromatic carbocycles. The summed E-state index contributed by atoms with van der Waals surface area (Å²) in [5.74, 6) is -0.487. The Morgan fingerprint density at radius 1 is 1.24 bits per heavy atom. The van der Waals surface area contributed by atoms with Gasteiger partial charge >= 0.3 is 0 Å². The Morgan fingerprint density at radius 3 is 2.84 bits per heavy atom. The molecular formula is C20H22FNO3. The van der Waals surface area contributed by atoms with Gasteiger partial charge in [-0.25, -0.2) is 4.39 Å². The van der Waals surface area contributed by atoms with E-state index in [0.717, 1.165) is 17.7 Å². The quantitative estimate of drug-likeness (QED) is 0.753. The third-order valence-corrected chi connectivity index (χ3v) is 4.41. The molecule has 1 aliphatic heterocycles. The minimum absolute atomic E-state index is 0.0800. The molecule has 3 rings (SSSR count). The van der Waals surface area contributed by atoms with Crippen LogP contribution in [0.25, 0.3) is 0 Å². The van der Waals surface area contributed by atoms with Crippen LogP contribution < -0.4 is 4.90 Å². The zero-order valence-electron chi connectivity index (χ0n) is 14.5. The Balaban J connectivity index is 1.81. The van der Waals surface area contributed by atoms with Gasteiger partial charge in [-0.05, 0) is 43.2 Å². The fourth-order valence-corrected chi connectivity index (χ4v) is 3.16. The van der Waals surface area contributed by atoms with E-state index in [0.29, 0.717) is 24.3 Å². The summed E-state index contributed by atoms with van der Waals surface area (Å²) in [4.78, 5) is 14.8. The number of hydrogen-bond acceptors (Lipinski definition) is 3. The first kappa shape index (κ1) is 17.6. The molecule has 0 radical (unpaired) electrons. The van der Waals surface area contributed by atoms with Gasteiger partial charge in [0.2, 0.25) is 0 Å². The highest BCUT2D eigenvalue weighted by Crippen LogP contribution is 2.33. The highest BCUT2D eigenvalue weighted by Gasteiger charge is 2.31. The van der Waals surface area contributed by atoms with Gasteiger partial charge in [0.05, 0.1) is 19.8 Å². The lowest BCUT2D eigenvalue weighted by atomic mass is 10.1. The van der Waals surface area contributed by atoms with Crippen molar-refractivity contribution < 1.29 is 18.7 Å². The van der Waals surface area contributed by atoms with Crippen molar-refractivity contribution in [2.24, 2.45) is 0 Å². The number of fused-ring (bicyclic) bond motifs is 1. The maximum atomic E-state index is 14.0. The van der Waals surface area contributed by atoms with Gasteiger partial charge in [-0.1, -0.05) is 18.2 Å². The van der Waals surface area contributed by atoms with Crippen LogP contribution in [0.2, 0.25) is 0 Å². The molecule has 0 aliphatic carbocycles. The van der Waals surface area contributed by atoms with E-state index in [1.54, 1.807) is 18.1 Å². The molecule has 1 atom stereocenters. The molecule has 1 amide bonds. The van der Waals surface area contributed by atoms with Gasteiger partial charge in [-0.3, -0.25) is 4.79 Å². The summed E-state index contributed by atoms with van der Waals surface area (Å²) in [6.45, 7) is 2.96. The van der Waals surface area contributed by atoms with Crippen molar-refractivity contribution in [3.05, 3.63) is 65.0 Å². The number of carbonyl (C=O) groups is 1. The Morgan fingerprint density at radius 2 is 2.04 bits per heavy atom. The highest BCUT2D eigenvalue weighted by molar-refractivity contribution is 6.07. The van der Waals surface area contributed by atoms with Crippen molar-refractivity contribution in [2.45, 2.75) is 26.0 Å². The highest BCUT2D eigenvalue weighted by atomic mass is 19.1. The van der Waals surface area contributed by atoms with Crippen LogP contribution in [0.1, 0.15) is 28.4 Å². The molecule has 4 nitrogen and oxygen atoms in total. The molecule has 0 fully saturated rings. The van der Waals surface area contributed by atoms with Crippen molar-refractivity contribution in [3.63, 3.8) is 0 Å². The first-order valence-electron chi connectivity index (χ1n) is 8.38. The summed E-state index contributed by atoms with van der Waals surface area (Å²) >= 11 is 0. The number of para-hydroxylation sites is 1. The summed E-state index contributed by atoms with van der Waals surface area (Å²) in [6, 6.07) is 12.4. The number of anilines is 1. The van der Waals surface area contributed by atoms with Crippen molar-refractivity contribution in [1.82, 2.24) is 0 Å². The molecule has 2 aromatic rings. The average molecular weight is 343 g/mol. The number of methoxy groups -OCH3 is 1. The van der Waals surface area contributed by atoms with Crippen LogP contribution in [0.3, 0.4) is 0 Å². The standard InChI is InChI=1S/C20H22FNO3/c1-14-11-15-5-3-4-6-19(15)22(14)20(23)16-7-8-18(21)17(12-16)13-25-10-9-24-2/h3-8,12,14H,9-11,13H2,1-2H3/t14-/m0/s1. The zero-order valence-corrected chi connectivity index (χ0v) is 14.5. The predicted octanol–water partition coefficient (Wildman–Crippen LogP) is 3.58. The van der Waals surface area contributed by atoms with Crippen LogP contribution in [-0.2, 0) is 22.5 Å². The molecule has 0 saturated carbocycles. The van der Waals surface area contributed by atoms with E-state index in [9.17, 15) is 9.18 Å². The molecule has 5 heteroatoms. The lowest BCUT2D eigenvalue weighted by molar-refractivity contribution is 0.0604. The van der Waals surface area contributed by atoms with Gasteiger partial charge in [0.15, 0.2) is 0 Å². The van der Waals surface area contributed by atoms with Crippen molar-refractivity contribution in [1.29, 1.82) is 0 Å². The Labute approximate surface area is 147 Å². The second-order valence-electron chi connectivity index (χ2n) is 6.21. The van der Waals surface area contributed by atoms with Crippen LogP contribution in [0, 0.1) is 5.82 Å². The van der Waals surface area contributed by atoms with E-state index in [2.05, 4.69) is 0 Å². The van der Waals surface area contributed by atoms with Crippen LogP contribution >= 0.6 is 0 Å². The van der Waals surface area contributed by atoms with E-state index in [-0.39, 0.29) is 24.4 Å². The van der Waals surface area contributed by atoms with Gasteiger partial charge in [0, 0.05) is 30.0 Å². The molecular weight excluding hydrogens is 321 g/mol. The number of amides is 1. The Kier molecular flexibility index (Phi) is 5.46. The van der Waals surface area contributed by atoms with Crippen molar-refractivity contribution in [3.8, 4) is 0 Å². The minimum Gasteiger partial charge on any atom is -0.382 e. The molecule has 0 unspecified atom stereocenters. The third-order valence-electron chi connectivity index (χ3n) is 4.41. The van der Waals surface area contributed by atoms with Gasteiger partial charge in [0.1, 0.15) is 5.82 Å². The second kappa shape index (κ2) is 7.76. The number of carbonyl (C=O) groups excluding carboxylic acids is 1. The number of nitrogens with zero attached hydrogens (tertiary/aromatic N) is 1. The molecule has 0 saturated heterocycles. The Hall–Kier alpha value is -2.24. The second-order valence-corrected chi connectivity index (χ2v) is 6.21. The van der Waals surface area contributed by atoms with E-state index >= 15 is 0 Å². The molecule has 132 valence electrons. The number of halogens is 1. The number of hydrogen-bond donors (Lipinski definition) is 0. The van der Waals surface area contributed by atoms with Crippen LogP contribution in [0.4, 0.5) is 10.1 Å². The van der Waals surface area contributed by atoms with Crippen molar-refractivity contribution in [2.75, 3.05) is 25.2 Å². The summed E-state index contributed by atoms with van der Waals surface area (Å²) in [7, 11) is 1.58. The topological polar surface area (TPSA) is 38.8 Å². The number of ether oxygens (including phenoxy) is 2. The van der Waals surface area contributed by atoms with E-state index in [1.165, 1.54) is 12.1 Å². The maximum absolute atomic E-state index is 14.0. The number of rotatable bonds is 6. The third kappa shape index (κ3) is 3.72. The van der Waals surface area contributed by atoms with Crippen LogP contribution in [-0.4, -0.2) is 32.3 Å². The molecule has 0 N–H and O–H groups in total. The Bertz CT molecular complexity index is 762. The normalized spacial score (nSPS) is 16.1. The monoisotopic (exact) mass is 343 g/mol. The van der Waals surface area contributed by atoms with E-state index in [1.807, 2.05) is 31.2 Å². The van der Waals surface area contributed by atoms with E-state index < -0.39 is 0 Å². The molecule has 1 aliphatic rings. The lowest BCUT2D eigenvalue weighted by Crippen LogP contribution is -2.35.